The van der Waals surface area contributed by atoms with Crippen molar-refractivity contribution >= 4 is 0 Å². The quantitative estimate of drug-likeness (QED) is 0.910. The van der Waals surface area contributed by atoms with Crippen LogP contribution in [-0.4, -0.2) is 10.1 Å². The van der Waals surface area contributed by atoms with Gasteiger partial charge in [0.15, 0.2) is 5.82 Å². The van der Waals surface area contributed by atoms with E-state index in [1.165, 1.54) is 11.1 Å². The van der Waals surface area contributed by atoms with Crippen LogP contribution in [0.1, 0.15) is 55.1 Å². The Bertz CT molecular complexity index is 647. The van der Waals surface area contributed by atoms with E-state index in [0.29, 0.717) is 11.3 Å². The zero-order chi connectivity index (χ0) is 13.7. The van der Waals surface area contributed by atoms with Crippen LogP contribution >= 0.6 is 0 Å². The van der Waals surface area contributed by atoms with Crippen LogP contribution in [0, 0.1) is 5.41 Å². The van der Waals surface area contributed by atoms with E-state index in [1.54, 1.807) is 0 Å². The van der Waals surface area contributed by atoms with E-state index in [9.17, 15) is 0 Å². The number of benzene rings is 1. The van der Waals surface area contributed by atoms with Gasteiger partial charge in [0.2, 0.25) is 5.89 Å². The fraction of sp³-hybridized carbons (Fsp3) is 0.500. The predicted molar refractivity (Wildman–Crippen MR) is 75.2 cm³/mol. The average Bonchev–Trinajstić information content (AvgIpc) is 2.90. The third-order valence-corrected chi connectivity index (χ3v) is 4.66. The van der Waals surface area contributed by atoms with E-state index in [4.69, 9.17) is 4.52 Å². The fourth-order valence-electron chi connectivity index (χ4n) is 3.07. The number of rotatable bonds is 2. The fourth-order valence-corrected chi connectivity index (χ4v) is 3.07. The number of hydrogen-bond donors (Lipinski definition) is 1. The van der Waals surface area contributed by atoms with Gasteiger partial charge >= 0.3 is 0 Å². The Balaban J connectivity index is 1.55. The number of hydrogen-bond acceptors (Lipinski definition) is 4. The van der Waals surface area contributed by atoms with Gasteiger partial charge in [-0.1, -0.05) is 43.3 Å². The Hall–Kier alpha value is -1.68. The standard InChI is InChI=1S/C16H19N3O/c1-16(2)8-12(16)14-18-15(20-19-14)13-7-10-5-3-4-6-11(10)9-17-13/h3-6,12-13,17H,7-9H2,1-2H3/t12?,13-/m1/s1. The summed E-state index contributed by atoms with van der Waals surface area (Å²) in [6.45, 7) is 5.37. The van der Waals surface area contributed by atoms with Crippen LogP contribution in [0.15, 0.2) is 28.8 Å². The minimum Gasteiger partial charge on any atom is -0.338 e. The lowest BCUT2D eigenvalue weighted by Crippen LogP contribution is -2.28. The maximum absolute atomic E-state index is 5.49. The molecule has 1 aliphatic carbocycles. The van der Waals surface area contributed by atoms with Crippen molar-refractivity contribution in [1.29, 1.82) is 0 Å². The molecule has 0 saturated heterocycles. The molecule has 1 unspecified atom stereocenters. The zero-order valence-corrected chi connectivity index (χ0v) is 11.9. The first kappa shape index (κ1) is 12.1. The lowest BCUT2D eigenvalue weighted by atomic mass is 9.96. The van der Waals surface area contributed by atoms with Crippen molar-refractivity contribution in [2.24, 2.45) is 5.41 Å². The molecule has 0 radical (unpaired) electrons. The van der Waals surface area contributed by atoms with E-state index < -0.39 is 0 Å². The van der Waals surface area contributed by atoms with E-state index in [2.05, 4.69) is 53.6 Å². The molecule has 4 rings (SSSR count). The van der Waals surface area contributed by atoms with Crippen LogP contribution in [0.25, 0.3) is 0 Å². The number of nitrogens with one attached hydrogen (secondary N) is 1. The number of nitrogens with zero attached hydrogens (tertiary/aromatic N) is 2. The van der Waals surface area contributed by atoms with Gasteiger partial charge in [-0.2, -0.15) is 4.98 Å². The molecular weight excluding hydrogens is 250 g/mol. The molecule has 2 aromatic rings. The van der Waals surface area contributed by atoms with Crippen molar-refractivity contribution in [1.82, 2.24) is 15.5 Å². The summed E-state index contributed by atoms with van der Waals surface area (Å²) >= 11 is 0. The zero-order valence-electron chi connectivity index (χ0n) is 11.9. The molecule has 1 aromatic carbocycles. The first-order valence-electron chi connectivity index (χ1n) is 7.27. The van der Waals surface area contributed by atoms with Gasteiger partial charge in [-0.25, -0.2) is 0 Å². The summed E-state index contributed by atoms with van der Waals surface area (Å²) in [5, 5.41) is 7.67. The van der Waals surface area contributed by atoms with Crippen LogP contribution in [0.4, 0.5) is 0 Å². The lowest BCUT2D eigenvalue weighted by Gasteiger charge is -2.23. The highest BCUT2D eigenvalue weighted by Crippen LogP contribution is 2.57. The molecule has 1 aromatic heterocycles. The second kappa shape index (κ2) is 4.16. The molecule has 1 N–H and O–H groups in total. The highest BCUT2D eigenvalue weighted by molar-refractivity contribution is 5.30. The largest absolute Gasteiger partial charge is 0.338 e. The lowest BCUT2D eigenvalue weighted by molar-refractivity contribution is 0.318. The summed E-state index contributed by atoms with van der Waals surface area (Å²) in [6.07, 6.45) is 2.08. The monoisotopic (exact) mass is 269 g/mol. The molecule has 1 saturated carbocycles. The van der Waals surface area contributed by atoms with E-state index in [0.717, 1.165) is 31.1 Å². The summed E-state index contributed by atoms with van der Waals surface area (Å²) in [6, 6.07) is 8.68. The van der Waals surface area contributed by atoms with Crippen molar-refractivity contribution in [2.75, 3.05) is 0 Å². The first-order chi connectivity index (χ1) is 9.63. The molecule has 2 atom stereocenters. The average molecular weight is 269 g/mol. The summed E-state index contributed by atoms with van der Waals surface area (Å²) in [4.78, 5) is 4.62. The van der Waals surface area contributed by atoms with Crippen LogP contribution in [0.5, 0.6) is 0 Å². The number of fused-ring (bicyclic) bond motifs is 1. The Morgan fingerprint density at radius 1 is 1.25 bits per heavy atom. The van der Waals surface area contributed by atoms with Gasteiger partial charge in [-0.15, -0.1) is 0 Å². The van der Waals surface area contributed by atoms with Gasteiger partial charge in [-0.3, -0.25) is 0 Å². The Kier molecular flexibility index (Phi) is 2.51. The molecule has 20 heavy (non-hydrogen) atoms. The molecule has 4 nitrogen and oxygen atoms in total. The first-order valence-corrected chi connectivity index (χ1v) is 7.27. The second-order valence-corrected chi connectivity index (χ2v) is 6.64. The highest BCUT2D eigenvalue weighted by atomic mass is 16.5. The minimum absolute atomic E-state index is 0.146. The van der Waals surface area contributed by atoms with Gasteiger partial charge < -0.3 is 9.84 Å². The van der Waals surface area contributed by atoms with E-state index in [-0.39, 0.29) is 6.04 Å². The molecule has 1 fully saturated rings. The smallest absolute Gasteiger partial charge is 0.244 e. The number of aromatic nitrogens is 2. The van der Waals surface area contributed by atoms with Crippen LogP contribution in [-0.2, 0) is 13.0 Å². The van der Waals surface area contributed by atoms with Gasteiger partial charge in [0, 0.05) is 12.5 Å². The third kappa shape index (κ3) is 1.95. The van der Waals surface area contributed by atoms with Gasteiger partial charge in [-0.05, 0) is 29.4 Å². The Labute approximate surface area is 118 Å². The SMILES string of the molecule is CC1(C)CC1c1noc([C@H]2Cc3ccccc3CN2)n1. The third-order valence-electron chi connectivity index (χ3n) is 4.66. The molecule has 2 heterocycles. The van der Waals surface area contributed by atoms with Crippen LogP contribution in [0.2, 0.25) is 0 Å². The van der Waals surface area contributed by atoms with E-state index in [1.807, 2.05) is 0 Å². The molecule has 1 aliphatic heterocycles. The van der Waals surface area contributed by atoms with E-state index >= 15 is 0 Å². The highest BCUT2D eigenvalue weighted by Gasteiger charge is 2.49. The summed E-state index contributed by atoms with van der Waals surface area (Å²) in [7, 11) is 0. The molecule has 4 heteroatoms. The molecule has 0 amide bonds. The Morgan fingerprint density at radius 2 is 2.00 bits per heavy atom. The molecular formula is C16H19N3O. The second-order valence-electron chi connectivity index (χ2n) is 6.64. The predicted octanol–water partition coefficient (Wildman–Crippen LogP) is 2.97. The summed E-state index contributed by atoms with van der Waals surface area (Å²) in [5.41, 5.74) is 3.09. The molecule has 2 aliphatic rings. The van der Waals surface area contributed by atoms with Gasteiger partial charge in [0.25, 0.3) is 0 Å². The normalized spacial score (nSPS) is 27.1. The van der Waals surface area contributed by atoms with Crippen molar-refractivity contribution < 1.29 is 4.52 Å². The maximum Gasteiger partial charge on any atom is 0.244 e. The van der Waals surface area contributed by atoms with Gasteiger partial charge in [0.1, 0.15) is 0 Å². The van der Waals surface area contributed by atoms with Crippen LogP contribution in [0.3, 0.4) is 0 Å². The topological polar surface area (TPSA) is 51.0 Å². The minimum atomic E-state index is 0.146. The molecule has 104 valence electrons. The van der Waals surface area contributed by atoms with Crippen molar-refractivity contribution in [3.05, 3.63) is 47.1 Å². The molecule has 0 spiro atoms. The summed E-state index contributed by atoms with van der Waals surface area (Å²) in [5.74, 6) is 2.08. The van der Waals surface area contributed by atoms with Gasteiger partial charge in [0.05, 0.1) is 6.04 Å². The Morgan fingerprint density at radius 3 is 2.75 bits per heavy atom. The maximum atomic E-state index is 5.49. The molecule has 0 bridgehead atoms. The van der Waals surface area contributed by atoms with Crippen molar-refractivity contribution in [3.63, 3.8) is 0 Å². The van der Waals surface area contributed by atoms with Crippen molar-refractivity contribution in [2.45, 2.75) is 45.2 Å². The van der Waals surface area contributed by atoms with Crippen LogP contribution < -0.4 is 5.32 Å². The summed E-state index contributed by atoms with van der Waals surface area (Å²) < 4.78 is 5.49. The van der Waals surface area contributed by atoms with Crippen molar-refractivity contribution in [3.8, 4) is 0 Å².